The molecule has 1 aromatic rings. The smallest absolute Gasteiger partial charge is 0.339 e. The Balaban J connectivity index is 0.00000144. The molecule has 13 heavy (non-hydrogen) atoms. The Bertz CT molecular complexity index is 341. The third-order valence-corrected chi connectivity index (χ3v) is 4.32. The van der Waals surface area contributed by atoms with E-state index in [4.69, 9.17) is 5.11 Å². The number of carboxylic acids is 1. The molecule has 0 spiro atoms. The van der Waals surface area contributed by atoms with Crippen LogP contribution in [0.4, 0.5) is 0 Å². The Morgan fingerprint density at radius 1 is 1.31 bits per heavy atom. The molecule has 0 heterocycles. The van der Waals surface area contributed by atoms with Gasteiger partial charge in [-0.1, -0.05) is 0 Å². The van der Waals surface area contributed by atoms with Crippen LogP contribution in [0.3, 0.4) is 0 Å². The van der Waals surface area contributed by atoms with E-state index < -0.39 is 5.97 Å². The largest absolute Gasteiger partial charge is 0.506 e. The van der Waals surface area contributed by atoms with Gasteiger partial charge >= 0.3 is 5.97 Å². The molecular weight excluding hydrogens is 393 g/mol. The van der Waals surface area contributed by atoms with Gasteiger partial charge in [-0.3, -0.25) is 0 Å². The molecule has 6 heteroatoms. The van der Waals surface area contributed by atoms with Crippen LogP contribution in [0.25, 0.3) is 0 Å². The molecular formula is C7H4I2LiO3. The fourth-order valence-electron chi connectivity index (χ4n) is 0.713. The zero-order valence-corrected chi connectivity index (χ0v) is 11.0. The van der Waals surface area contributed by atoms with Crippen molar-refractivity contribution in [2.75, 3.05) is 0 Å². The minimum absolute atomic E-state index is 0. The van der Waals surface area contributed by atoms with Crippen LogP contribution in [-0.4, -0.2) is 35.0 Å². The molecule has 1 rings (SSSR count). The normalized spacial score (nSPS) is 9.08. The van der Waals surface area contributed by atoms with E-state index in [0.717, 1.165) is 3.57 Å². The van der Waals surface area contributed by atoms with Crippen LogP contribution in [-0.2, 0) is 0 Å². The van der Waals surface area contributed by atoms with Crippen molar-refractivity contribution in [1.82, 2.24) is 0 Å². The topological polar surface area (TPSA) is 57.5 Å². The molecule has 0 amide bonds. The summed E-state index contributed by atoms with van der Waals surface area (Å²) in [6.07, 6.45) is 0. The maximum Gasteiger partial charge on any atom is 0.339 e. The van der Waals surface area contributed by atoms with E-state index in [1.165, 1.54) is 6.07 Å². The number of carbonyl (C=O) groups is 1. The third kappa shape index (κ3) is 3.01. The van der Waals surface area contributed by atoms with E-state index in [1.807, 2.05) is 45.2 Å². The molecule has 1 aromatic carbocycles. The summed E-state index contributed by atoms with van der Waals surface area (Å²) in [6, 6.07) is 3.05. The molecule has 0 bridgehead atoms. The minimum Gasteiger partial charge on any atom is -0.506 e. The second-order valence-electron chi connectivity index (χ2n) is 2.06. The summed E-state index contributed by atoms with van der Waals surface area (Å²) in [6.45, 7) is 0. The minimum atomic E-state index is -1.11. The van der Waals surface area contributed by atoms with Gasteiger partial charge in [-0.15, -0.1) is 0 Å². The molecule has 0 unspecified atom stereocenters. The predicted molar refractivity (Wildman–Crippen MR) is 66.3 cm³/mol. The Hall–Kier alpha value is 0.547. The Kier molecular flexibility index (Phi) is 5.66. The van der Waals surface area contributed by atoms with E-state index >= 15 is 0 Å². The number of carboxylic acid groups (broad SMARTS) is 1. The number of phenols is 1. The van der Waals surface area contributed by atoms with Gasteiger partial charge in [-0.05, 0) is 57.3 Å². The molecule has 0 fully saturated rings. The van der Waals surface area contributed by atoms with Crippen LogP contribution in [0.1, 0.15) is 10.4 Å². The van der Waals surface area contributed by atoms with Gasteiger partial charge in [0.15, 0.2) is 0 Å². The van der Waals surface area contributed by atoms with Crippen LogP contribution in [0.15, 0.2) is 12.1 Å². The molecule has 0 atom stereocenters. The molecule has 0 aliphatic rings. The predicted octanol–water partition coefficient (Wildman–Crippen LogP) is 1.92. The van der Waals surface area contributed by atoms with E-state index in [0.29, 0.717) is 3.57 Å². The van der Waals surface area contributed by atoms with Crippen molar-refractivity contribution >= 4 is 70.0 Å². The molecule has 65 valence electrons. The second kappa shape index (κ2) is 5.43. The number of halogens is 2. The van der Waals surface area contributed by atoms with Gasteiger partial charge in [0.05, 0.1) is 3.57 Å². The monoisotopic (exact) mass is 397 g/mol. The van der Waals surface area contributed by atoms with Gasteiger partial charge < -0.3 is 10.2 Å². The average molecular weight is 397 g/mol. The zero-order valence-electron chi connectivity index (χ0n) is 6.71. The fourth-order valence-corrected chi connectivity index (χ4v) is 1.62. The molecule has 0 aromatic heterocycles. The molecule has 0 aliphatic carbocycles. The van der Waals surface area contributed by atoms with Crippen molar-refractivity contribution in [2.45, 2.75) is 0 Å². The molecule has 1 radical (unpaired) electrons. The number of aromatic carboxylic acids is 1. The summed E-state index contributed by atoms with van der Waals surface area (Å²) in [4.78, 5) is 10.5. The standard InChI is InChI=1S/C7H4I2O3.Li/c8-4-2-1-3(7(11)12)6(10)5(4)9;/h1-2,10H,(H,11,12);. The van der Waals surface area contributed by atoms with E-state index in [2.05, 4.69) is 0 Å². The van der Waals surface area contributed by atoms with Gasteiger partial charge in [-0.25, -0.2) is 4.79 Å². The first-order chi connectivity index (χ1) is 5.54. The molecule has 2 N–H and O–H groups in total. The van der Waals surface area contributed by atoms with Crippen LogP contribution in [0.5, 0.6) is 5.75 Å². The Labute approximate surface area is 114 Å². The Morgan fingerprint density at radius 2 is 1.85 bits per heavy atom. The van der Waals surface area contributed by atoms with Crippen molar-refractivity contribution in [2.24, 2.45) is 0 Å². The van der Waals surface area contributed by atoms with E-state index in [9.17, 15) is 9.90 Å². The van der Waals surface area contributed by atoms with Crippen molar-refractivity contribution in [3.05, 3.63) is 24.8 Å². The third-order valence-electron chi connectivity index (χ3n) is 1.30. The summed E-state index contributed by atoms with van der Waals surface area (Å²) >= 11 is 3.94. The van der Waals surface area contributed by atoms with Crippen molar-refractivity contribution < 1.29 is 15.0 Å². The second-order valence-corrected chi connectivity index (χ2v) is 4.30. The zero-order chi connectivity index (χ0) is 9.30. The van der Waals surface area contributed by atoms with E-state index in [1.54, 1.807) is 6.07 Å². The summed E-state index contributed by atoms with van der Waals surface area (Å²) in [5, 5.41) is 18.0. The number of hydrogen-bond donors (Lipinski definition) is 2. The summed E-state index contributed by atoms with van der Waals surface area (Å²) in [7, 11) is 0. The van der Waals surface area contributed by atoms with Crippen LogP contribution in [0.2, 0.25) is 0 Å². The van der Waals surface area contributed by atoms with Gasteiger partial charge in [-0.2, -0.15) is 0 Å². The number of benzene rings is 1. The number of hydrogen-bond acceptors (Lipinski definition) is 2. The molecule has 0 aliphatic heterocycles. The van der Waals surface area contributed by atoms with Gasteiger partial charge in [0.25, 0.3) is 0 Å². The number of rotatable bonds is 1. The van der Waals surface area contributed by atoms with Gasteiger partial charge in [0.2, 0.25) is 0 Å². The Morgan fingerprint density at radius 3 is 2.31 bits per heavy atom. The molecule has 0 saturated carbocycles. The maximum absolute atomic E-state index is 10.5. The summed E-state index contributed by atoms with van der Waals surface area (Å²) in [5.74, 6) is -1.27. The quantitative estimate of drug-likeness (QED) is 0.563. The van der Waals surface area contributed by atoms with Crippen molar-refractivity contribution in [1.29, 1.82) is 0 Å². The van der Waals surface area contributed by atoms with Crippen LogP contribution < -0.4 is 0 Å². The van der Waals surface area contributed by atoms with Crippen molar-refractivity contribution in [3.63, 3.8) is 0 Å². The fraction of sp³-hybridized carbons (Fsp3) is 0. The summed E-state index contributed by atoms with van der Waals surface area (Å²) < 4.78 is 1.42. The maximum atomic E-state index is 10.5. The molecule has 0 saturated heterocycles. The SMILES string of the molecule is O=C(O)c1ccc(I)c(I)c1O.[Li]. The van der Waals surface area contributed by atoms with E-state index in [-0.39, 0.29) is 30.2 Å². The number of aromatic hydroxyl groups is 1. The van der Waals surface area contributed by atoms with Gasteiger partial charge in [0, 0.05) is 22.4 Å². The first kappa shape index (κ1) is 13.5. The summed E-state index contributed by atoms with van der Waals surface area (Å²) in [5.41, 5.74) is -0.0557. The van der Waals surface area contributed by atoms with Crippen LogP contribution >= 0.6 is 45.2 Å². The average Bonchev–Trinajstić information content (AvgIpc) is 2.00. The molecule has 3 nitrogen and oxygen atoms in total. The first-order valence-corrected chi connectivity index (χ1v) is 5.10. The van der Waals surface area contributed by atoms with Crippen molar-refractivity contribution in [3.8, 4) is 5.75 Å². The van der Waals surface area contributed by atoms with Crippen LogP contribution in [0, 0.1) is 7.14 Å². The first-order valence-electron chi connectivity index (χ1n) is 2.94. The van der Waals surface area contributed by atoms with Gasteiger partial charge in [0.1, 0.15) is 11.3 Å².